The highest BCUT2D eigenvalue weighted by molar-refractivity contribution is 6.00. The number of nitrogens with one attached hydrogen (secondary N) is 1. The van der Waals surface area contributed by atoms with E-state index in [0.717, 1.165) is 23.6 Å². The lowest BCUT2D eigenvalue weighted by Crippen LogP contribution is -2.27. The van der Waals surface area contributed by atoms with E-state index in [-0.39, 0.29) is 5.82 Å². The number of amidine groups is 1. The molecule has 1 heterocycles. The van der Waals surface area contributed by atoms with Crippen LogP contribution in [-0.2, 0) is 6.54 Å². The third-order valence-electron chi connectivity index (χ3n) is 3.76. The molecule has 1 aromatic carbocycles. The Hall–Kier alpha value is -1.38. The summed E-state index contributed by atoms with van der Waals surface area (Å²) in [7, 11) is 0. The molecule has 0 amide bonds. The Kier molecular flexibility index (Phi) is 2.03. The van der Waals surface area contributed by atoms with Crippen molar-refractivity contribution in [3.05, 3.63) is 35.1 Å². The van der Waals surface area contributed by atoms with Crippen molar-refractivity contribution in [1.29, 1.82) is 5.41 Å². The van der Waals surface area contributed by atoms with Crippen molar-refractivity contribution in [1.82, 2.24) is 4.90 Å². The second kappa shape index (κ2) is 3.30. The first-order valence-electron chi connectivity index (χ1n) is 5.84. The highest BCUT2D eigenvalue weighted by atomic mass is 19.1. The van der Waals surface area contributed by atoms with E-state index in [1.807, 2.05) is 6.07 Å². The number of rotatable bonds is 2. The van der Waals surface area contributed by atoms with E-state index in [0.29, 0.717) is 11.9 Å². The normalized spacial score (nSPS) is 27.1. The minimum absolute atomic E-state index is 0.242. The van der Waals surface area contributed by atoms with Gasteiger partial charge in [-0.3, -0.25) is 5.41 Å². The second-order valence-electron chi connectivity index (χ2n) is 4.75. The van der Waals surface area contributed by atoms with Crippen LogP contribution in [0.4, 0.5) is 4.39 Å². The fourth-order valence-electron chi connectivity index (χ4n) is 2.66. The molecule has 0 spiro atoms. The van der Waals surface area contributed by atoms with E-state index in [1.54, 1.807) is 0 Å². The van der Waals surface area contributed by atoms with Crippen LogP contribution in [0.5, 0.6) is 0 Å². The van der Waals surface area contributed by atoms with Crippen LogP contribution < -0.4 is 0 Å². The van der Waals surface area contributed by atoms with Gasteiger partial charge in [0.15, 0.2) is 0 Å². The summed E-state index contributed by atoms with van der Waals surface area (Å²) in [5.74, 6) is 1.00. The Morgan fingerprint density at radius 2 is 2.31 bits per heavy atom. The SMILES string of the molecule is CCC1CC1N1Cc2ccc(F)cc2C1=N. The molecular formula is C13H15FN2. The minimum Gasteiger partial charge on any atom is -0.349 e. The van der Waals surface area contributed by atoms with Crippen molar-refractivity contribution in [3.8, 4) is 0 Å². The smallest absolute Gasteiger partial charge is 0.129 e. The summed E-state index contributed by atoms with van der Waals surface area (Å²) in [5, 5.41) is 8.08. The Labute approximate surface area is 94.6 Å². The molecule has 2 nitrogen and oxygen atoms in total. The number of nitrogens with zero attached hydrogens (tertiary/aromatic N) is 1. The number of hydrogen-bond acceptors (Lipinski definition) is 1. The predicted octanol–water partition coefficient (Wildman–Crippen LogP) is 2.77. The Bertz CT molecular complexity index is 455. The van der Waals surface area contributed by atoms with Gasteiger partial charge < -0.3 is 4.90 Å². The van der Waals surface area contributed by atoms with Gasteiger partial charge in [0.2, 0.25) is 0 Å². The van der Waals surface area contributed by atoms with Gasteiger partial charge in [-0.15, -0.1) is 0 Å². The molecule has 2 aliphatic rings. The molecule has 3 rings (SSSR count). The van der Waals surface area contributed by atoms with E-state index >= 15 is 0 Å². The van der Waals surface area contributed by atoms with E-state index in [2.05, 4.69) is 11.8 Å². The fraction of sp³-hybridized carbons (Fsp3) is 0.462. The van der Waals surface area contributed by atoms with Crippen molar-refractivity contribution >= 4 is 5.84 Å². The zero-order valence-corrected chi connectivity index (χ0v) is 9.33. The van der Waals surface area contributed by atoms with E-state index < -0.39 is 0 Å². The van der Waals surface area contributed by atoms with Gasteiger partial charge in [-0.2, -0.15) is 0 Å². The molecule has 0 radical (unpaired) electrons. The molecule has 1 N–H and O–H groups in total. The number of hydrogen-bond donors (Lipinski definition) is 1. The van der Waals surface area contributed by atoms with Gasteiger partial charge in [0.25, 0.3) is 0 Å². The van der Waals surface area contributed by atoms with Gasteiger partial charge >= 0.3 is 0 Å². The maximum atomic E-state index is 13.1. The van der Waals surface area contributed by atoms with Crippen LogP contribution in [0.25, 0.3) is 0 Å². The molecule has 2 unspecified atom stereocenters. The van der Waals surface area contributed by atoms with Crippen molar-refractivity contribution in [3.63, 3.8) is 0 Å². The average Bonchev–Trinajstić information content (AvgIpc) is 2.99. The first-order chi connectivity index (χ1) is 7.70. The van der Waals surface area contributed by atoms with Crippen molar-refractivity contribution in [2.45, 2.75) is 32.4 Å². The Morgan fingerprint density at radius 1 is 1.50 bits per heavy atom. The summed E-state index contributed by atoms with van der Waals surface area (Å²) in [6, 6.07) is 5.30. The molecule has 84 valence electrons. The molecule has 0 bridgehead atoms. The molecule has 1 aliphatic heterocycles. The zero-order chi connectivity index (χ0) is 11.3. The van der Waals surface area contributed by atoms with Crippen LogP contribution >= 0.6 is 0 Å². The number of fused-ring (bicyclic) bond motifs is 1. The lowest BCUT2D eigenvalue weighted by Gasteiger charge is -2.17. The topological polar surface area (TPSA) is 27.1 Å². The van der Waals surface area contributed by atoms with E-state index in [4.69, 9.17) is 5.41 Å². The van der Waals surface area contributed by atoms with Crippen LogP contribution in [-0.4, -0.2) is 16.8 Å². The van der Waals surface area contributed by atoms with Crippen LogP contribution in [0.15, 0.2) is 18.2 Å². The largest absolute Gasteiger partial charge is 0.349 e. The van der Waals surface area contributed by atoms with Crippen molar-refractivity contribution in [2.75, 3.05) is 0 Å². The Balaban J connectivity index is 1.87. The number of halogens is 1. The van der Waals surface area contributed by atoms with Gasteiger partial charge in [0.1, 0.15) is 11.7 Å². The summed E-state index contributed by atoms with van der Waals surface area (Å²) in [6.07, 6.45) is 2.37. The first-order valence-corrected chi connectivity index (χ1v) is 5.84. The maximum Gasteiger partial charge on any atom is 0.129 e. The maximum absolute atomic E-state index is 13.1. The van der Waals surface area contributed by atoms with Crippen LogP contribution in [0.1, 0.15) is 30.9 Å². The van der Waals surface area contributed by atoms with Gasteiger partial charge in [-0.25, -0.2) is 4.39 Å². The molecular weight excluding hydrogens is 203 g/mol. The first kappa shape index (κ1) is 9.82. The summed E-state index contributed by atoms with van der Waals surface area (Å²) >= 11 is 0. The van der Waals surface area contributed by atoms with Gasteiger partial charge in [-0.05, 0) is 30.0 Å². The predicted molar refractivity (Wildman–Crippen MR) is 61.0 cm³/mol. The standard InChI is InChI=1S/C13H15FN2/c1-2-8-5-12(8)16-7-9-3-4-10(14)6-11(9)13(16)15/h3-4,6,8,12,15H,2,5,7H2,1H3. The third kappa shape index (κ3) is 1.34. The molecule has 0 saturated heterocycles. The van der Waals surface area contributed by atoms with Crippen LogP contribution in [0.2, 0.25) is 0 Å². The Morgan fingerprint density at radius 3 is 3.00 bits per heavy atom. The summed E-state index contributed by atoms with van der Waals surface area (Å²) < 4.78 is 13.1. The fourth-order valence-corrected chi connectivity index (χ4v) is 2.66. The molecule has 3 heteroatoms. The van der Waals surface area contributed by atoms with E-state index in [9.17, 15) is 4.39 Å². The lowest BCUT2D eigenvalue weighted by molar-refractivity contribution is 0.394. The van der Waals surface area contributed by atoms with Crippen molar-refractivity contribution < 1.29 is 4.39 Å². The average molecular weight is 218 g/mol. The molecule has 0 aromatic heterocycles. The third-order valence-corrected chi connectivity index (χ3v) is 3.76. The highest BCUT2D eigenvalue weighted by Crippen LogP contribution is 2.42. The van der Waals surface area contributed by atoms with Gasteiger partial charge in [0, 0.05) is 18.2 Å². The molecule has 1 aliphatic carbocycles. The molecule has 2 atom stereocenters. The zero-order valence-electron chi connectivity index (χ0n) is 9.33. The monoisotopic (exact) mass is 218 g/mol. The van der Waals surface area contributed by atoms with Gasteiger partial charge in [-0.1, -0.05) is 19.4 Å². The lowest BCUT2D eigenvalue weighted by atomic mass is 10.1. The molecule has 1 fully saturated rings. The molecule has 1 saturated carbocycles. The molecule has 16 heavy (non-hydrogen) atoms. The molecule has 1 aromatic rings. The van der Waals surface area contributed by atoms with Gasteiger partial charge in [0.05, 0.1) is 0 Å². The summed E-state index contributed by atoms with van der Waals surface area (Å²) in [6.45, 7) is 2.98. The highest BCUT2D eigenvalue weighted by Gasteiger charge is 2.43. The van der Waals surface area contributed by atoms with Crippen LogP contribution in [0.3, 0.4) is 0 Å². The minimum atomic E-state index is -0.242. The second-order valence-corrected chi connectivity index (χ2v) is 4.75. The van der Waals surface area contributed by atoms with Crippen molar-refractivity contribution in [2.24, 2.45) is 5.92 Å². The van der Waals surface area contributed by atoms with E-state index in [1.165, 1.54) is 25.0 Å². The summed E-state index contributed by atoms with van der Waals surface area (Å²) in [5.41, 5.74) is 1.87. The number of benzene rings is 1. The quantitative estimate of drug-likeness (QED) is 0.812. The summed E-state index contributed by atoms with van der Waals surface area (Å²) in [4.78, 5) is 2.12. The van der Waals surface area contributed by atoms with Crippen LogP contribution in [0, 0.1) is 17.1 Å².